The molecule has 0 saturated heterocycles. The Morgan fingerprint density at radius 1 is 1.19 bits per heavy atom. The first-order valence-corrected chi connectivity index (χ1v) is 8.36. The molecule has 2 aromatic carbocycles. The highest BCUT2D eigenvalue weighted by atomic mass is 35.5. The van der Waals surface area contributed by atoms with Gasteiger partial charge in [-0.15, -0.1) is 0 Å². The Kier molecular flexibility index (Phi) is 5.16. The molecule has 0 radical (unpaired) electrons. The van der Waals surface area contributed by atoms with Crippen molar-refractivity contribution in [1.82, 2.24) is 5.16 Å². The first-order valence-electron chi connectivity index (χ1n) is 7.61. The molecule has 138 valence electrons. The number of carbonyl (C=O) groups excluding carboxylic acids is 2. The van der Waals surface area contributed by atoms with Crippen molar-refractivity contribution < 1.29 is 18.5 Å². The van der Waals surface area contributed by atoms with Crippen LogP contribution in [-0.2, 0) is 0 Å². The van der Waals surface area contributed by atoms with Crippen molar-refractivity contribution in [3.05, 3.63) is 69.1 Å². The summed E-state index contributed by atoms with van der Waals surface area (Å²) >= 11 is 12.0. The van der Waals surface area contributed by atoms with E-state index in [4.69, 9.17) is 33.5 Å². The minimum Gasteiger partial charge on any atom is -0.366 e. The maximum atomic E-state index is 14.2. The quantitative estimate of drug-likeness (QED) is 0.667. The normalized spacial score (nSPS) is 10.7. The van der Waals surface area contributed by atoms with Gasteiger partial charge in [-0.3, -0.25) is 9.59 Å². The first-order chi connectivity index (χ1) is 12.8. The van der Waals surface area contributed by atoms with Gasteiger partial charge in [0.05, 0.1) is 21.2 Å². The minimum atomic E-state index is -0.740. The molecule has 0 aliphatic carbocycles. The van der Waals surface area contributed by atoms with Crippen molar-refractivity contribution in [3.8, 4) is 11.3 Å². The second-order valence-electron chi connectivity index (χ2n) is 5.57. The zero-order valence-electron chi connectivity index (χ0n) is 13.8. The number of benzene rings is 2. The van der Waals surface area contributed by atoms with E-state index in [-0.39, 0.29) is 43.9 Å². The molecule has 0 aliphatic rings. The number of primary amides is 1. The summed E-state index contributed by atoms with van der Waals surface area (Å²) in [4.78, 5) is 24.2. The molecule has 9 heteroatoms. The molecule has 0 unspecified atom stereocenters. The summed E-state index contributed by atoms with van der Waals surface area (Å²) in [7, 11) is 0. The fourth-order valence-electron chi connectivity index (χ4n) is 2.52. The average molecular weight is 408 g/mol. The first kappa shape index (κ1) is 18.9. The molecule has 0 aliphatic heterocycles. The standard InChI is InChI=1S/C18H12Cl2FN3O3/c1-8-14(16(24-27-8)15-12(20)3-2-4-13(15)21)18(26)23-9-5-6-11(19)10(7-9)17(22)25/h2-7H,1H3,(H2,22,25)(H,23,26). The van der Waals surface area contributed by atoms with Crippen LogP contribution in [0.15, 0.2) is 40.9 Å². The number of aryl methyl sites for hydroxylation is 1. The number of aromatic nitrogens is 1. The van der Waals surface area contributed by atoms with Crippen molar-refractivity contribution in [2.75, 3.05) is 5.32 Å². The van der Waals surface area contributed by atoms with Gasteiger partial charge in [0.2, 0.25) is 5.91 Å². The number of hydrogen-bond donors (Lipinski definition) is 2. The highest BCUT2D eigenvalue weighted by molar-refractivity contribution is 6.34. The summed E-state index contributed by atoms with van der Waals surface area (Å²) in [6.07, 6.45) is 0. The van der Waals surface area contributed by atoms with Gasteiger partial charge in [-0.05, 0) is 37.3 Å². The van der Waals surface area contributed by atoms with Gasteiger partial charge >= 0.3 is 0 Å². The number of anilines is 1. The number of hydrogen-bond acceptors (Lipinski definition) is 4. The summed E-state index contributed by atoms with van der Waals surface area (Å²) in [5.41, 5.74) is 5.50. The molecule has 3 N–H and O–H groups in total. The van der Waals surface area contributed by atoms with Gasteiger partial charge in [-0.1, -0.05) is 34.4 Å². The average Bonchev–Trinajstić information content (AvgIpc) is 2.97. The van der Waals surface area contributed by atoms with Crippen LogP contribution in [0.1, 0.15) is 26.5 Å². The number of rotatable bonds is 4. The van der Waals surface area contributed by atoms with Crippen LogP contribution in [0.2, 0.25) is 10.0 Å². The van der Waals surface area contributed by atoms with Crippen LogP contribution in [0.5, 0.6) is 0 Å². The SMILES string of the molecule is Cc1onc(-c2c(F)cccc2Cl)c1C(=O)Nc1ccc(Cl)c(C(N)=O)c1. The van der Waals surface area contributed by atoms with Gasteiger partial charge in [0.25, 0.3) is 5.91 Å². The predicted molar refractivity (Wildman–Crippen MR) is 99.6 cm³/mol. The lowest BCUT2D eigenvalue weighted by Gasteiger charge is -2.09. The van der Waals surface area contributed by atoms with Crippen molar-refractivity contribution in [3.63, 3.8) is 0 Å². The Bertz CT molecular complexity index is 1050. The Morgan fingerprint density at radius 2 is 1.93 bits per heavy atom. The van der Waals surface area contributed by atoms with E-state index in [1.807, 2.05) is 0 Å². The Labute approximate surface area is 163 Å². The fourth-order valence-corrected chi connectivity index (χ4v) is 2.98. The third kappa shape index (κ3) is 3.65. The van der Waals surface area contributed by atoms with Crippen LogP contribution in [0.3, 0.4) is 0 Å². The van der Waals surface area contributed by atoms with E-state index < -0.39 is 17.6 Å². The molecule has 3 aromatic rings. The maximum Gasteiger partial charge on any atom is 0.261 e. The van der Waals surface area contributed by atoms with Crippen LogP contribution in [0, 0.1) is 12.7 Å². The Hall–Kier alpha value is -2.90. The van der Waals surface area contributed by atoms with E-state index >= 15 is 0 Å². The smallest absolute Gasteiger partial charge is 0.261 e. The zero-order chi connectivity index (χ0) is 19.7. The number of amides is 2. The minimum absolute atomic E-state index is 0.0116. The Balaban J connectivity index is 2.01. The summed E-state index contributed by atoms with van der Waals surface area (Å²) in [6.45, 7) is 1.51. The van der Waals surface area contributed by atoms with Crippen LogP contribution in [0.4, 0.5) is 10.1 Å². The molecular formula is C18H12Cl2FN3O3. The fraction of sp³-hybridized carbons (Fsp3) is 0.0556. The summed E-state index contributed by atoms with van der Waals surface area (Å²) < 4.78 is 19.3. The summed E-state index contributed by atoms with van der Waals surface area (Å²) in [5, 5.41) is 6.60. The third-order valence-electron chi connectivity index (χ3n) is 3.78. The lowest BCUT2D eigenvalue weighted by atomic mass is 10.0. The predicted octanol–water partition coefficient (Wildman–Crippen LogP) is 4.45. The highest BCUT2D eigenvalue weighted by Gasteiger charge is 2.25. The number of carbonyl (C=O) groups is 2. The Morgan fingerprint density at radius 3 is 2.59 bits per heavy atom. The largest absolute Gasteiger partial charge is 0.366 e. The van der Waals surface area contributed by atoms with Crippen LogP contribution in [0.25, 0.3) is 11.3 Å². The van der Waals surface area contributed by atoms with Crippen LogP contribution in [-0.4, -0.2) is 17.0 Å². The summed E-state index contributed by atoms with van der Waals surface area (Å²) in [6, 6.07) is 8.36. The maximum absolute atomic E-state index is 14.2. The molecule has 1 heterocycles. The molecule has 0 atom stereocenters. The molecule has 2 amide bonds. The molecule has 3 rings (SSSR count). The van der Waals surface area contributed by atoms with Gasteiger partial charge in [0.15, 0.2) is 0 Å². The molecular weight excluding hydrogens is 396 g/mol. The molecule has 0 saturated carbocycles. The molecule has 1 aromatic heterocycles. The molecule has 27 heavy (non-hydrogen) atoms. The topological polar surface area (TPSA) is 98.2 Å². The molecule has 6 nitrogen and oxygen atoms in total. The van der Waals surface area contributed by atoms with Crippen molar-refractivity contribution >= 4 is 40.7 Å². The second kappa shape index (κ2) is 7.38. The number of halogens is 3. The van der Waals surface area contributed by atoms with E-state index in [9.17, 15) is 14.0 Å². The summed E-state index contributed by atoms with van der Waals surface area (Å²) in [5.74, 6) is -1.84. The lowest BCUT2D eigenvalue weighted by Crippen LogP contribution is -2.16. The van der Waals surface area contributed by atoms with E-state index in [1.54, 1.807) is 0 Å². The van der Waals surface area contributed by atoms with E-state index in [1.165, 1.54) is 43.3 Å². The second-order valence-corrected chi connectivity index (χ2v) is 6.39. The lowest BCUT2D eigenvalue weighted by molar-refractivity contribution is 0.0996. The van der Waals surface area contributed by atoms with Crippen molar-refractivity contribution in [2.45, 2.75) is 6.92 Å². The molecule has 0 bridgehead atoms. The monoisotopic (exact) mass is 407 g/mol. The number of nitrogens with one attached hydrogen (secondary N) is 1. The molecule has 0 fully saturated rings. The van der Waals surface area contributed by atoms with Crippen molar-refractivity contribution in [2.24, 2.45) is 5.73 Å². The van der Waals surface area contributed by atoms with E-state index in [2.05, 4.69) is 10.5 Å². The number of nitrogens with zero attached hydrogens (tertiary/aromatic N) is 1. The third-order valence-corrected chi connectivity index (χ3v) is 4.42. The van der Waals surface area contributed by atoms with Gasteiger partial charge in [0, 0.05) is 5.69 Å². The van der Waals surface area contributed by atoms with Gasteiger partial charge in [-0.25, -0.2) is 4.39 Å². The zero-order valence-corrected chi connectivity index (χ0v) is 15.4. The van der Waals surface area contributed by atoms with Crippen molar-refractivity contribution in [1.29, 1.82) is 0 Å². The van der Waals surface area contributed by atoms with E-state index in [0.29, 0.717) is 0 Å². The van der Waals surface area contributed by atoms with Crippen LogP contribution >= 0.6 is 23.2 Å². The number of nitrogens with two attached hydrogens (primary N) is 1. The highest BCUT2D eigenvalue weighted by Crippen LogP contribution is 2.34. The van der Waals surface area contributed by atoms with Crippen LogP contribution < -0.4 is 11.1 Å². The van der Waals surface area contributed by atoms with E-state index in [0.717, 1.165) is 0 Å². The van der Waals surface area contributed by atoms with Gasteiger partial charge in [-0.2, -0.15) is 0 Å². The van der Waals surface area contributed by atoms with Gasteiger partial charge < -0.3 is 15.6 Å². The molecule has 0 spiro atoms. The van der Waals surface area contributed by atoms with Gasteiger partial charge in [0.1, 0.15) is 22.8 Å².